The SMILES string of the molecule is Cc1ccc(CC(C)(C(=O)O)c2cccs2)cc1. The molecule has 2 aromatic rings. The predicted molar refractivity (Wildman–Crippen MR) is 74.2 cm³/mol. The summed E-state index contributed by atoms with van der Waals surface area (Å²) < 4.78 is 0. The van der Waals surface area contributed by atoms with Crippen molar-refractivity contribution in [2.75, 3.05) is 0 Å². The molecule has 1 heterocycles. The van der Waals surface area contributed by atoms with E-state index in [1.807, 2.05) is 48.7 Å². The fourth-order valence-electron chi connectivity index (χ4n) is 1.97. The zero-order chi connectivity index (χ0) is 13.2. The predicted octanol–water partition coefficient (Wildman–Crippen LogP) is 3.64. The molecule has 94 valence electrons. The Balaban J connectivity index is 2.32. The van der Waals surface area contributed by atoms with Crippen molar-refractivity contribution in [2.45, 2.75) is 25.7 Å². The lowest BCUT2D eigenvalue weighted by atomic mass is 9.82. The van der Waals surface area contributed by atoms with Gasteiger partial charge in [0.25, 0.3) is 0 Å². The van der Waals surface area contributed by atoms with Crippen molar-refractivity contribution in [1.82, 2.24) is 0 Å². The van der Waals surface area contributed by atoms with Crippen LogP contribution in [-0.2, 0) is 16.6 Å². The van der Waals surface area contributed by atoms with Crippen molar-refractivity contribution in [3.8, 4) is 0 Å². The van der Waals surface area contributed by atoms with E-state index in [9.17, 15) is 9.90 Å². The largest absolute Gasteiger partial charge is 0.481 e. The van der Waals surface area contributed by atoms with Crippen LogP contribution in [0.3, 0.4) is 0 Å². The highest BCUT2D eigenvalue weighted by Gasteiger charge is 2.36. The van der Waals surface area contributed by atoms with E-state index >= 15 is 0 Å². The minimum absolute atomic E-state index is 0.517. The topological polar surface area (TPSA) is 37.3 Å². The number of thiophene rings is 1. The van der Waals surface area contributed by atoms with E-state index in [0.717, 1.165) is 10.4 Å². The second-order valence-corrected chi connectivity index (χ2v) is 5.72. The Kier molecular flexibility index (Phi) is 3.53. The van der Waals surface area contributed by atoms with Crippen LogP contribution in [0.5, 0.6) is 0 Å². The van der Waals surface area contributed by atoms with E-state index in [2.05, 4.69) is 0 Å². The van der Waals surface area contributed by atoms with E-state index in [1.165, 1.54) is 16.9 Å². The lowest BCUT2D eigenvalue weighted by Crippen LogP contribution is -2.33. The zero-order valence-corrected chi connectivity index (χ0v) is 11.3. The third-order valence-electron chi connectivity index (χ3n) is 3.22. The van der Waals surface area contributed by atoms with Gasteiger partial charge >= 0.3 is 5.97 Å². The third kappa shape index (κ3) is 2.46. The molecular formula is C15H16O2S. The molecule has 0 aliphatic carbocycles. The average molecular weight is 260 g/mol. The molecule has 0 spiro atoms. The van der Waals surface area contributed by atoms with Gasteiger partial charge in [-0.25, -0.2) is 0 Å². The Bertz CT molecular complexity index is 528. The van der Waals surface area contributed by atoms with Crippen LogP contribution in [0.25, 0.3) is 0 Å². The zero-order valence-electron chi connectivity index (χ0n) is 10.5. The van der Waals surface area contributed by atoms with Gasteiger partial charge in [0.2, 0.25) is 0 Å². The molecule has 2 rings (SSSR count). The molecular weight excluding hydrogens is 244 g/mol. The van der Waals surface area contributed by atoms with Gasteiger partial charge in [-0.3, -0.25) is 4.79 Å². The first-order chi connectivity index (χ1) is 8.52. The monoisotopic (exact) mass is 260 g/mol. The van der Waals surface area contributed by atoms with Gasteiger partial charge in [0.15, 0.2) is 0 Å². The first kappa shape index (κ1) is 12.8. The van der Waals surface area contributed by atoms with Crippen LogP contribution in [0.15, 0.2) is 41.8 Å². The summed E-state index contributed by atoms with van der Waals surface area (Å²) in [4.78, 5) is 12.5. The Morgan fingerprint density at radius 1 is 1.28 bits per heavy atom. The smallest absolute Gasteiger partial charge is 0.315 e. The maximum absolute atomic E-state index is 11.6. The van der Waals surface area contributed by atoms with Gasteiger partial charge in [0.05, 0.1) is 0 Å². The molecule has 1 N–H and O–H groups in total. The molecule has 18 heavy (non-hydrogen) atoms. The van der Waals surface area contributed by atoms with E-state index < -0.39 is 11.4 Å². The molecule has 0 aliphatic heterocycles. The van der Waals surface area contributed by atoms with Crippen LogP contribution in [-0.4, -0.2) is 11.1 Å². The van der Waals surface area contributed by atoms with Gasteiger partial charge < -0.3 is 5.11 Å². The number of aryl methyl sites for hydroxylation is 1. The molecule has 3 heteroatoms. The third-order valence-corrected chi connectivity index (χ3v) is 4.35. The van der Waals surface area contributed by atoms with Crippen LogP contribution < -0.4 is 0 Å². The van der Waals surface area contributed by atoms with Crippen molar-refractivity contribution >= 4 is 17.3 Å². The van der Waals surface area contributed by atoms with E-state index in [4.69, 9.17) is 0 Å². The quantitative estimate of drug-likeness (QED) is 0.911. The van der Waals surface area contributed by atoms with Crippen LogP contribution in [0.2, 0.25) is 0 Å². The molecule has 0 aliphatic rings. The summed E-state index contributed by atoms with van der Waals surface area (Å²) in [5.41, 5.74) is 1.40. The minimum Gasteiger partial charge on any atom is -0.481 e. The summed E-state index contributed by atoms with van der Waals surface area (Å²) in [6, 6.07) is 11.8. The standard InChI is InChI=1S/C15H16O2S/c1-11-5-7-12(8-6-11)10-15(2,14(16)17)13-4-3-9-18-13/h3-9H,10H2,1-2H3,(H,16,17). The van der Waals surface area contributed by atoms with Crippen LogP contribution in [0.1, 0.15) is 22.9 Å². The molecule has 0 amide bonds. The first-order valence-corrected chi connectivity index (χ1v) is 6.73. The molecule has 1 aromatic heterocycles. The number of rotatable bonds is 4. The van der Waals surface area contributed by atoms with Gasteiger partial charge in [-0.15, -0.1) is 11.3 Å². The Labute approximate surface area is 111 Å². The lowest BCUT2D eigenvalue weighted by Gasteiger charge is -2.23. The number of carboxylic acid groups (broad SMARTS) is 1. The van der Waals surface area contributed by atoms with E-state index in [0.29, 0.717) is 6.42 Å². The van der Waals surface area contributed by atoms with Crippen molar-refractivity contribution in [3.63, 3.8) is 0 Å². The molecule has 1 unspecified atom stereocenters. The Hall–Kier alpha value is -1.61. The summed E-state index contributed by atoms with van der Waals surface area (Å²) in [5.74, 6) is -0.773. The molecule has 1 atom stereocenters. The number of carbonyl (C=O) groups is 1. The number of hydrogen-bond acceptors (Lipinski definition) is 2. The van der Waals surface area contributed by atoms with E-state index in [-0.39, 0.29) is 0 Å². The number of benzene rings is 1. The van der Waals surface area contributed by atoms with Gasteiger partial charge in [-0.1, -0.05) is 35.9 Å². The van der Waals surface area contributed by atoms with Crippen molar-refractivity contribution in [3.05, 3.63) is 57.8 Å². The molecule has 0 fully saturated rings. The Morgan fingerprint density at radius 3 is 2.44 bits per heavy atom. The summed E-state index contributed by atoms with van der Waals surface area (Å²) in [6.07, 6.45) is 0.517. The Morgan fingerprint density at radius 2 is 1.94 bits per heavy atom. The van der Waals surface area contributed by atoms with Crippen molar-refractivity contribution < 1.29 is 9.90 Å². The number of carboxylic acids is 1. The fourth-order valence-corrected chi connectivity index (χ4v) is 2.86. The van der Waals surface area contributed by atoms with E-state index in [1.54, 1.807) is 6.92 Å². The van der Waals surface area contributed by atoms with Crippen molar-refractivity contribution in [1.29, 1.82) is 0 Å². The van der Waals surface area contributed by atoms with Crippen LogP contribution >= 0.6 is 11.3 Å². The highest BCUT2D eigenvalue weighted by molar-refractivity contribution is 7.10. The fraction of sp³-hybridized carbons (Fsp3) is 0.267. The summed E-state index contributed by atoms with van der Waals surface area (Å²) in [6.45, 7) is 3.82. The second kappa shape index (κ2) is 4.94. The first-order valence-electron chi connectivity index (χ1n) is 5.85. The van der Waals surface area contributed by atoms with Crippen molar-refractivity contribution in [2.24, 2.45) is 0 Å². The summed E-state index contributed by atoms with van der Waals surface area (Å²) >= 11 is 1.50. The normalized spacial score (nSPS) is 14.1. The molecule has 0 saturated carbocycles. The highest BCUT2D eigenvalue weighted by atomic mass is 32.1. The van der Waals surface area contributed by atoms with Gasteiger partial charge in [0, 0.05) is 4.88 Å². The second-order valence-electron chi connectivity index (χ2n) is 4.78. The molecule has 2 nitrogen and oxygen atoms in total. The van der Waals surface area contributed by atoms with Crippen LogP contribution in [0, 0.1) is 6.92 Å². The maximum atomic E-state index is 11.6. The summed E-state index contributed by atoms with van der Waals surface area (Å²) in [5, 5.41) is 11.4. The highest BCUT2D eigenvalue weighted by Crippen LogP contribution is 2.32. The maximum Gasteiger partial charge on any atom is 0.315 e. The molecule has 0 saturated heterocycles. The van der Waals surface area contributed by atoms with Crippen LogP contribution in [0.4, 0.5) is 0 Å². The lowest BCUT2D eigenvalue weighted by molar-refractivity contribution is -0.143. The van der Waals surface area contributed by atoms with Gasteiger partial charge in [-0.2, -0.15) is 0 Å². The minimum atomic E-state index is -0.844. The number of hydrogen-bond donors (Lipinski definition) is 1. The number of aliphatic carboxylic acids is 1. The molecule has 1 aromatic carbocycles. The molecule has 0 bridgehead atoms. The summed E-state index contributed by atoms with van der Waals surface area (Å²) in [7, 11) is 0. The average Bonchev–Trinajstić information content (AvgIpc) is 2.86. The van der Waals surface area contributed by atoms with Gasteiger partial charge in [-0.05, 0) is 37.3 Å². The molecule has 0 radical (unpaired) electrons. The van der Waals surface area contributed by atoms with Gasteiger partial charge in [0.1, 0.15) is 5.41 Å².